The Bertz CT molecular complexity index is 301. The number of H-pyrrole nitrogens is 1. The highest BCUT2D eigenvalue weighted by Gasteiger charge is 2.24. The summed E-state index contributed by atoms with van der Waals surface area (Å²) >= 11 is 0. The van der Waals surface area contributed by atoms with Crippen molar-refractivity contribution in [1.29, 1.82) is 0 Å². The number of nitrogens with one attached hydrogen (secondary N) is 1. The molecule has 0 saturated heterocycles. The Hall–Kier alpha value is -1.32. The third kappa shape index (κ3) is 1.32. The molecule has 2 rings (SSSR count). The molecule has 1 aliphatic carbocycles. The largest absolute Gasteiger partial charge is 0.365 e. The summed E-state index contributed by atoms with van der Waals surface area (Å²) in [6.07, 6.45) is 4.97. The molecular weight excluding hydrogens is 154 g/mol. The molecule has 4 heteroatoms. The lowest BCUT2D eigenvalue weighted by atomic mass is 10.1. The van der Waals surface area contributed by atoms with E-state index >= 15 is 0 Å². The number of hydrogen-bond acceptors (Lipinski definition) is 2. The highest BCUT2D eigenvalue weighted by Crippen LogP contribution is 2.32. The van der Waals surface area contributed by atoms with E-state index < -0.39 is 0 Å². The third-order valence-electron chi connectivity index (χ3n) is 2.16. The lowest BCUT2D eigenvalue weighted by Crippen LogP contribution is -2.12. The van der Waals surface area contributed by atoms with Crippen LogP contribution >= 0.6 is 0 Å². The van der Waals surface area contributed by atoms with E-state index in [0.29, 0.717) is 5.56 Å². The molecule has 1 heterocycles. The molecule has 0 spiro atoms. The standard InChI is InChI=1S/C8H11N3O/c9-8(12)6-4-10-11-7(6)3-5-1-2-5/h4-5H,1-3H2,(H2,9,12)(H,10,11). The van der Waals surface area contributed by atoms with Crippen LogP contribution in [0.5, 0.6) is 0 Å². The molecule has 0 unspecified atom stereocenters. The first-order valence-corrected chi connectivity index (χ1v) is 4.10. The van der Waals surface area contributed by atoms with Gasteiger partial charge in [0.1, 0.15) is 0 Å². The summed E-state index contributed by atoms with van der Waals surface area (Å²) in [7, 11) is 0. The van der Waals surface area contributed by atoms with E-state index in [4.69, 9.17) is 5.73 Å². The van der Waals surface area contributed by atoms with Crippen LogP contribution in [0.15, 0.2) is 6.20 Å². The maximum Gasteiger partial charge on any atom is 0.252 e. The maximum absolute atomic E-state index is 10.8. The number of hydrogen-bond donors (Lipinski definition) is 2. The van der Waals surface area contributed by atoms with E-state index in [-0.39, 0.29) is 5.91 Å². The first-order valence-electron chi connectivity index (χ1n) is 4.10. The molecule has 1 aromatic rings. The van der Waals surface area contributed by atoms with Crippen LogP contribution < -0.4 is 5.73 Å². The summed E-state index contributed by atoms with van der Waals surface area (Å²) in [6.45, 7) is 0. The number of carbonyl (C=O) groups excluding carboxylic acids is 1. The SMILES string of the molecule is NC(=O)c1c[nH]nc1CC1CC1. The van der Waals surface area contributed by atoms with Gasteiger partial charge in [-0.2, -0.15) is 5.10 Å². The van der Waals surface area contributed by atoms with Gasteiger partial charge in [0.05, 0.1) is 11.3 Å². The number of nitrogens with zero attached hydrogens (tertiary/aromatic N) is 1. The van der Waals surface area contributed by atoms with Gasteiger partial charge in [-0.3, -0.25) is 9.89 Å². The molecule has 12 heavy (non-hydrogen) atoms. The molecule has 1 amide bonds. The van der Waals surface area contributed by atoms with E-state index in [1.807, 2.05) is 0 Å². The fraction of sp³-hybridized carbons (Fsp3) is 0.500. The normalized spacial score (nSPS) is 16.3. The number of aromatic nitrogens is 2. The Morgan fingerprint density at radius 3 is 3.08 bits per heavy atom. The number of aromatic amines is 1. The average molecular weight is 165 g/mol. The zero-order chi connectivity index (χ0) is 8.55. The van der Waals surface area contributed by atoms with Gasteiger partial charge < -0.3 is 5.73 Å². The van der Waals surface area contributed by atoms with Crippen molar-refractivity contribution in [3.63, 3.8) is 0 Å². The zero-order valence-corrected chi connectivity index (χ0v) is 6.71. The molecule has 1 aromatic heterocycles. The summed E-state index contributed by atoms with van der Waals surface area (Å²) < 4.78 is 0. The number of nitrogens with two attached hydrogens (primary N) is 1. The van der Waals surface area contributed by atoms with Crippen LogP contribution in [-0.4, -0.2) is 16.1 Å². The smallest absolute Gasteiger partial charge is 0.252 e. The van der Waals surface area contributed by atoms with E-state index in [0.717, 1.165) is 18.0 Å². The Kier molecular flexibility index (Phi) is 1.60. The number of amides is 1. The van der Waals surface area contributed by atoms with Crippen LogP contribution in [0.3, 0.4) is 0 Å². The van der Waals surface area contributed by atoms with Crippen LogP contribution in [0.1, 0.15) is 28.9 Å². The summed E-state index contributed by atoms with van der Waals surface area (Å²) in [6, 6.07) is 0. The third-order valence-corrected chi connectivity index (χ3v) is 2.16. The maximum atomic E-state index is 10.8. The topological polar surface area (TPSA) is 71.8 Å². The Labute approximate surface area is 70.1 Å². The van der Waals surface area contributed by atoms with E-state index in [2.05, 4.69) is 10.2 Å². The first-order chi connectivity index (χ1) is 5.77. The van der Waals surface area contributed by atoms with Crippen molar-refractivity contribution in [2.45, 2.75) is 19.3 Å². The van der Waals surface area contributed by atoms with Crippen molar-refractivity contribution in [3.8, 4) is 0 Å². The van der Waals surface area contributed by atoms with Gasteiger partial charge in [-0.15, -0.1) is 0 Å². The van der Waals surface area contributed by atoms with Crippen molar-refractivity contribution in [3.05, 3.63) is 17.5 Å². The summed E-state index contributed by atoms with van der Waals surface area (Å²) in [4.78, 5) is 10.8. The van der Waals surface area contributed by atoms with Crippen LogP contribution in [0.4, 0.5) is 0 Å². The Morgan fingerprint density at radius 1 is 1.75 bits per heavy atom. The predicted octanol–water partition coefficient (Wildman–Crippen LogP) is 0.461. The summed E-state index contributed by atoms with van der Waals surface area (Å²) in [5.74, 6) is 0.339. The molecule has 4 nitrogen and oxygen atoms in total. The number of rotatable bonds is 3. The minimum Gasteiger partial charge on any atom is -0.365 e. The first kappa shape index (κ1) is 7.34. The lowest BCUT2D eigenvalue weighted by molar-refractivity contribution is 0.0999. The summed E-state index contributed by atoms with van der Waals surface area (Å²) in [5, 5.41) is 6.65. The van der Waals surface area contributed by atoms with Crippen molar-refractivity contribution in [1.82, 2.24) is 10.2 Å². The highest BCUT2D eigenvalue weighted by atomic mass is 16.1. The van der Waals surface area contributed by atoms with E-state index in [9.17, 15) is 4.79 Å². The molecular formula is C8H11N3O. The van der Waals surface area contributed by atoms with Gasteiger partial charge in [-0.25, -0.2) is 0 Å². The van der Waals surface area contributed by atoms with Gasteiger partial charge >= 0.3 is 0 Å². The molecule has 1 aliphatic rings. The molecule has 64 valence electrons. The van der Waals surface area contributed by atoms with Gasteiger partial charge in [-0.05, 0) is 25.2 Å². The second kappa shape index (κ2) is 2.62. The quantitative estimate of drug-likeness (QED) is 0.683. The second-order valence-corrected chi connectivity index (χ2v) is 3.26. The highest BCUT2D eigenvalue weighted by molar-refractivity contribution is 5.93. The van der Waals surface area contributed by atoms with Gasteiger partial charge in [0.25, 0.3) is 5.91 Å². The number of carbonyl (C=O) groups is 1. The molecule has 3 N–H and O–H groups in total. The van der Waals surface area contributed by atoms with Gasteiger partial charge in [0.15, 0.2) is 0 Å². The van der Waals surface area contributed by atoms with Crippen molar-refractivity contribution in [2.75, 3.05) is 0 Å². The van der Waals surface area contributed by atoms with E-state index in [1.54, 1.807) is 6.20 Å². The lowest BCUT2D eigenvalue weighted by Gasteiger charge is -1.94. The van der Waals surface area contributed by atoms with E-state index in [1.165, 1.54) is 12.8 Å². The second-order valence-electron chi connectivity index (χ2n) is 3.26. The van der Waals surface area contributed by atoms with Crippen LogP contribution in [-0.2, 0) is 6.42 Å². The predicted molar refractivity (Wildman–Crippen MR) is 43.5 cm³/mol. The van der Waals surface area contributed by atoms with Crippen molar-refractivity contribution < 1.29 is 4.79 Å². The molecule has 0 aromatic carbocycles. The minimum atomic E-state index is -0.389. The summed E-state index contributed by atoms with van der Waals surface area (Å²) in [5.41, 5.74) is 6.52. The Morgan fingerprint density at radius 2 is 2.50 bits per heavy atom. The average Bonchev–Trinajstić information content (AvgIpc) is 2.66. The fourth-order valence-electron chi connectivity index (χ4n) is 1.28. The fourth-order valence-corrected chi connectivity index (χ4v) is 1.28. The molecule has 0 bridgehead atoms. The van der Waals surface area contributed by atoms with Crippen LogP contribution in [0.25, 0.3) is 0 Å². The van der Waals surface area contributed by atoms with Gasteiger partial charge in [0, 0.05) is 6.20 Å². The minimum absolute atomic E-state index is 0.389. The molecule has 0 aliphatic heterocycles. The molecule has 0 radical (unpaired) electrons. The Balaban J connectivity index is 2.17. The molecule has 0 atom stereocenters. The monoisotopic (exact) mass is 165 g/mol. The van der Waals surface area contributed by atoms with Crippen LogP contribution in [0.2, 0.25) is 0 Å². The number of primary amides is 1. The van der Waals surface area contributed by atoms with Crippen LogP contribution in [0, 0.1) is 5.92 Å². The molecule has 1 saturated carbocycles. The van der Waals surface area contributed by atoms with Gasteiger partial charge in [0.2, 0.25) is 0 Å². The molecule has 1 fully saturated rings. The zero-order valence-electron chi connectivity index (χ0n) is 6.71. The van der Waals surface area contributed by atoms with Crippen molar-refractivity contribution in [2.24, 2.45) is 11.7 Å². The van der Waals surface area contributed by atoms with Crippen molar-refractivity contribution >= 4 is 5.91 Å². The van der Waals surface area contributed by atoms with Gasteiger partial charge in [-0.1, -0.05) is 0 Å².